The number of carbonyl (C=O) groups is 2. The second-order valence-corrected chi connectivity index (χ2v) is 5.38. The lowest BCUT2D eigenvalue weighted by molar-refractivity contribution is 0.0979. The second kappa shape index (κ2) is 8.51. The molecule has 0 heterocycles. The van der Waals surface area contributed by atoms with Gasteiger partial charge in [0.25, 0.3) is 0 Å². The van der Waals surface area contributed by atoms with Gasteiger partial charge in [-0.2, -0.15) is 0 Å². The predicted octanol–water partition coefficient (Wildman–Crippen LogP) is 4.28. The summed E-state index contributed by atoms with van der Waals surface area (Å²) in [5.41, 5.74) is 3.03. The molecule has 24 heavy (non-hydrogen) atoms. The highest BCUT2D eigenvalue weighted by Crippen LogP contribution is 2.07. The van der Waals surface area contributed by atoms with Crippen LogP contribution in [-0.2, 0) is 0 Å². The first-order valence-corrected chi connectivity index (χ1v) is 7.86. The zero-order valence-corrected chi connectivity index (χ0v) is 13.8. The molecule has 0 amide bonds. The molecule has 2 rings (SSSR count). The van der Waals surface area contributed by atoms with Crippen LogP contribution in [-0.4, -0.2) is 11.6 Å². The third-order valence-electron chi connectivity index (χ3n) is 3.45. The van der Waals surface area contributed by atoms with Crippen LogP contribution in [0.15, 0.2) is 48.5 Å². The van der Waals surface area contributed by atoms with Crippen molar-refractivity contribution in [2.75, 3.05) is 0 Å². The third kappa shape index (κ3) is 4.97. The molecule has 0 atom stereocenters. The molecule has 0 bridgehead atoms. The number of carbonyl (C=O) groups excluding carboxylic acids is 2. The molecule has 0 aliphatic rings. The third-order valence-corrected chi connectivity index (χ3v) is 3.45. The maximum atomic E-state index is 11.8. The Morgan fingerprint density at radius 1 is 0.792 bits per heavy atom. The van der Waals surface area contributed by atoms with Crippen LogP contribution in [0, 0.1) is 23.7 Å². The van der Waals surface area contributed by atoms with Gasteiger partial charge in [-0.25, -0.2) is 0 Å². The summed E-state index contributed by atoms with van der Waals surface area (Å²) in [6.45, 7) is 3.53. The summed E-state index contributed by atoms with van der Waals surface area (Å²) < 4.78 is 0. The number of Topliss-reactive ketones (excluding diaryl/α,β-unsaturated/α-hetero) is 2. The van der Waals surface area contributed by atoms with Gasteiger partial charge in [0.15, 0.2) is 11.6 Å². The molecular weight excluding hydrogens is 296 g/mol. The van der Waals surface area contributed by atoms with Crippen LogP contribution >= 0.6 is 0 Å². The highest BCUT2D eigenvalue weighted by atomic mass is 16.1. The van der Waals surface area contributed by atoms with Gasteiger partial charge in [-0.15, -0.1) is 0 Å². The average molecular weight is 314 g/mol. The van der Waals surface area contributed by atoms with Crippen LogP contribution in [0.25, 0.3) is 0 Å². The molecule has 0 fully saturated rings. The molecule has 2 nitrogen and oxygen atoms in total. The highest BCUT2D eigenvalue weighted by molar-refractivity contribution is 5.96. The lowest BCUT2D eigenvalue weighted by Gasteiger charge is -1.98. The van der Waals surface area contributed by atoms with Gasteiger partial charge < -0.3 is 0 Å². The summed E-state index contributed by atoms with van der Waals surface area (Å²) in [4.78, 5) is 23.0. The first-order chi connectivity index (χ1) is 11.6. The van der Waals surface area contributed by atoms with Gasteiger partial charge in [-0.3, -0.25) is 9.59 Å². The predicted molar refractivity (Wildman–Crippen MR) is 95.9 cm³/mol. The second-order valence-electron chi connectivity index (χ2n) is 5.38. The highest BCUT2D eigenvalue weighted by Gasteiger charge is 2.03. The van der Waals surface area contributed by atoms with Crippen molar-refractivity contribution in [3.63, 3.8) is 0 Å². The summed E-state index contributed by atoms with van der Waals surface area (Å²) in [6, 6.07) is 14.4. The van der Waals surface area contributed by atoms with Gasteiger partial charge in [0, 0.05) is 28.7 Å². The summed E-state index contributed by atoms with van der Waals surface area (Å²) in [6.07, 6.45) is 1.42. The quantitative estimate of drug-likeness (QED) is 0.623. The molecule has 2 aromatic rings. The van der Waals surface area contributed by atoms with E-state index in [0.717, 1.165) is 23.1 Å². The summed E-state index contributed by atoms with van der Waals surface area (Å²) in [5, 5.41) is 0. The molecular formula is C22H18O2. The minimum atomic E-state index is 0.0372. The summed E-state index contributed by atoms with van der Waals surface area (Å²) in [7, 11) is 0. The molecule has 118 valence electrons. The standard InChI is InChI=1S/C22H18O2/c1-3-6-22(24)21-15-11-19(12-16-21)8-5-4-7-18-9-13-20(14-10-18)17(2)23/h9-16H,3,6H2,1-2H3. The van der Waals surface area contributed by atoms with E-state index in [1.54, 1.807) is 36.4 Å². The van der Waals surface area contributed by atoms with E-state index < -0.39 is 0 Å². The molecule has 0 radical (unpaired) electrons. The van der Waals surface area contributed by atoms with Crippen molar-refractivity contribution in [2.24, 2.45) is 0 Å². The molecule has 2 aromatic carbocycles. The lowest BCUT2D eigenvalue weighted by atomic mass is 10.1. The lowest BCUT2D eigenvalue weighted by Crippen LogP contribution is -1.97. The van der Waals surface area contributed by atoms with Crippen molar-refractivity contribution in [3.8, 4) is 23.7 Å². The van der Waals surface area contributed by atoms with E-state index in [9.17, 15) is 9.59 Å². The Morgan fingerprint density at radius 2 is 1.25 bits per heavy atom. The maximum Gasteiger partial charge on any atom is 0.162 e. The average Bonchev–Trinajstić information content (AvgIpc) is 2.60. The molecule has 0 N–H and O–H groups in total. The fourth-order valence-corrected chi connectivity index (χ4v) is 2.11. The number of ketones is 2. The zero-order chi connectivity index (χ0) is 17.4. The van der Waals surface area contributed by atoms with E-state index in [1.165, 1.54) is 6.92 Å². The van der Waals surface area contributed by atoms with Crippen LogP contribution in [0.4, 0.5) is 0 Å². The first-order valence-electron chi connectivity index (χ1n) is 7.86. The van der Waals surface area contributed by atoms with Gasteiger partial charge in [0.05, 0.1) is 0 Å². The fraction of sp³-hybridized carbons (Fsp3) is 0.182. The molecule has 0 unspecified atom stereocenters. The Balaban J connectivity index is 2.03. The minimum absolute atomic E-state index is 0.0372. The summed E-state index contributed by atoms with van der Waals surface area (Å²) >= 11 is 0. The van der Waals surface area contributed by atoms with E-state index in [0.29, 0.717) is 12.0 Å². The van der Waals surface area contributed by atoms with Crippen LogP contribution in [0.3, 0.4) is 0 Å². The Morgan fingerprint density at radius 3 is 1.67 bits per heavy atom. The molecule has 0 saturated heterocycles. The monoisotopic (exact) mass is 314 g/mol. The largest absolute Gasteiger partial charge is 0.295 e. The molecule has 0 aromatic heterocycles. The van der Waals surface area contributed by atoms with Gasteiger partial charge in [0.1, 0.15) is 0 Å². The Bertz CT molecular complexity index is 849. The smallest absolute Gasteiger partial charge is 0.162 e. The van der Waals surface area contributed by atoms with Crippen molar-refractivity contribution >= 4 is 11.6 Å². The van der Waals surface area contributed by atoms with Crippen LogP contribution in [0.1, 0.15) is 58.5 Å². The Hall–Kier alpha value is -3.10. The molecule has 0 saturated carbocycles. The van der Waals surface area contributed by atoms with E-state index in [2.05, 4.69) is 23.7 Å². The first kappa shape index (κ1) is 17.3. The minimum Gasteiger partial charge on any atom is -0.295 e. The van der Waals surface area contributed by atoms with E-state index >= 15 is 0 Å². The van der Waals surface area contributed by atoms with Crippen LogP contribution < -0.4 is 0 Å². The molecule has 2 heteroatoms. The van der Waals surface area contributed by atoms with E-state index in [4.69, 9.17) is 0 Å². The topological polar surface area (TPSA) is 34.1 Å². The molecule has 0 aliphatic heterocycles. The van der Waals surface area contributed by atoms with Gasteiger partial charge in [-0.05, 0) is 49.5 Å². The maximum absolute atomic E-state index is 11.8. The summed E-state index contributed by atoms with van der Waals surface area (Å²) in [5.74, 6) is 11.7. The van der Waals surface area contributed by atoms with Gasteiger partial charge in [-0.1, -0.05) is 43.0 Å². The molecule has 0 spiro atoms. The zero-order valence-electron chi connectivity index (χ0n) is 13.8. The van der Waals surface area contributed by atoms with Crippen molar-refractivity contribution in [2.45, 2.75) is 26.7 Å². The Kier molecular flexibility index (Phi) is 6.12. The Labute approximate surface area is 142 Å². The van der Waals surface area contributed by atoms with Crippen molar-refractivity contribution in [1.82, 2.24) is 0 Å². The van der Waals surface area contributed by atoms with Crippen LogP contribution in [0.5, 0.6) is 0 Å². The van der Waals surface area contributed by atoms with Gasteiger partial charge in [0.2, 0.25) is 0 Å². The number of hydrogen-bond donors (Lipinski definition) is 0. The number of hydrogen-bond acceptors (Lipinski definition) is 2. The van der Waals surface area contributed by atoms with Crippen molar-refractivity contribution in [1.29, 1.82) is 0 Å². The number of benzene rings is 2. The normalized spacial score (nSPS) is 9.25. The van der Waals surface area contributed by atoms with Gasteiger partial charge >= 0.3 is 0 Å². The number of rotatable bonds is 4. The van der Waals surface area contributed by atoms with E-state index in [1.807, 2.05) is 19.1 Å². The fourth-order valence-electron chi connectivity index (χ4n) is 2.11. The van der Waals surface area contributed by atoms with Crippen LogP contribution in [0.2, 0.25) is 0 Å². The van der Waals surface area contributed by atoms with E-state index in [-0.39, 0.29) is 11.6 Å². The van der Waals surface area contributed by atoms with Crippen molar-refractivity contribution in [3.05, 3.63) is 70.8 Å². The molecule has 0 aliphatic carbocycles. The van der Waals surface area contributed by atoms with Crippen molar-refractivity contribution < 1.29 is 9.59 Å². The SMILES string of the molecule is CCCC(=O)c1ccc(C#CC#Cc2ccc(C(C)=O)cc2)cc1.